The summed E-state index contributed by atoms with van der Waals surface area (Å²) in [5, 5.41) is 0. The molecule has 0 bridgehead atoms. The van der Waals surface area contributed by atoms with Crippen molar-refractivity contribution in [3.8, 4) is 0 Å². The molecular weight excluding hydrogens is 212 g/mol. The molecule has 0 spiro atoms. The molecule has 1 aromatic rings. The van der Waals surface area contributed by atoms with Crippen LogP contribution in [0.25, 0.3) is 0 Å². The third-order valence-corrected chi connectivity index (χ3v) is 2.13. The number of furan rings is 1. The van der Waals surface area contributed by atoms with Gasteiger partial charge in [-0.3, -0.25) is 4.79 Å². The zero-order valence-corrected chi connectivity index (χ0v) is 9.15. The van der Waals surface area contributed by atoms with Crippen LogP contribution in [0.15, 0.2) is 10.5 Å². The molecule has 0 aliphatic heterocycles. The molecule has 1 rings (SSSR count). The van der Waals surface area contributed by atoms with Crippen molar-refractivity contribution in [2.45, 2.75) is 19.4 Å². The van der Waals surface area contributed by atoms with Crippen LogP contribution < -0.4 is 11.5 Å². The van der Waals surface area contributed by atoms with Crippen LogP contribution in [0, 0.1) is 6.92 Å². The fourth-order valence-electron chi connectivity index (χ4n) is 1.32. The molecule has 0 aliphatic rings. The third-order valence-electron chi connectivity index (χ3n) is 2.13. The number of rotatable bonds is 4. The minimum atomic E-state index is -0.644. The van der Waals surface area contributed by atoms with E-state index in [0.717, 1.165) is 0 Å². The summed E-state index contributed by atoms with van der Waals surface area (Å²) in [5.74, 6) is -0.279. The van der Waals surface area contributed by atoms with Crippen LogP contribution in [-0.4, -0.2) is 19.0 Å². The predicted molar refractivity (Wildman–Crippen MR) is 55.5 cm³/mol. The second-order valence-electron chi connectivity index (χ2n) is 3.39. The van der Waals surface area contributed by atoms with E-state index < -0.39 is 17.9 Å². The number of hydrogen-bond donors (Lipinski definition) is 2. The quantitative estimate of drug-likeness (QED) is 0.715. The molecule has 1 heterocycles. The van der Waals surface area contributed by atoms with Gasteiger partial charge in [0.1, 0.15) is 17.1 Å². The lowest BCUT2D eigenvalue weighted by molar-refractivity contribution is -0.118. The van der Waals surface area contributed by atoms with E-state index in [-0.39, 0.29) is 6.42 Å². The molecule has 0 radical (unpaired) electrons. The third kappa shape index (κ3) is 2.60. The summed E-state index contributed by atoms with van der Waals surface area (Å²) in [5.41, 5.74) is 11.0. The van der Waals surface area contributed by atoms with Crippen molar-refractivity contribution in [2.24, 2.45) is 11.5 Å². The van der Waals surface area contributed by atoms with E-state index in [2.05, 4.69) is 4.74 Å². The number of nitrogens with two attached hydrogens (primary N) is 2. The van der Waals surface area contributed by atoms with Gasteiger partial charge in [-0.2, -0.15) is 0 Å². The standard InChI is InChI=1S/C10H14N2O4/c1-5-6(10(14)15-2)3-8(16-5)7(11)4-9(12)13/h3,7H,4,11H2,1-2H3,(H2,12,13). The second kappa shape index (κ2) is 4.80. The number of carbonyl (C=O) groups is 2. The van der Waals surface area contributed by atoms with Gasteiger partial charge < -0.3 is 20.6 Å². The first-order valence-electron chi connectivity index (χ1n) is 4.68. The van der Waals surface area contributed by atoms with Crippen LogP contribution >= 0.6 is 0 Å². The first kappa shape index (κ1) is 12.3. The number of esters is 1. The zero-order valence-electron chi connectivity index (χ0n) is 9.15. The monoisotopic (exact) mass is 226 g/mol. The van der Waals surface area contributed by atoms with E-state index in [0.29, 0.717) is 17.1 Å². The second-order valence-corrected chi connectivity index (χ2v) is 3.39. The van der Waals surface area contributed by atoms with Gasteiger partial charge in [0.15, 0.2) is 0 Å². The highest BCUT2D eigenvalue weighted by molar-refractivity contribution is 5.90. The van der Waals surface area contributed by atoms with E-state index in [1.165, 1.54) is 13.2 Å². The highest BCUT2D eigenvalue weighted by Gasteiger charge is 2.20. The van der Waals surface area contributed by atoms with Gasteiger partial charge in [0, 0.05) is 6.42 Å². The van der Waals surface area contributed by atoms with Crippen molar-refractivity contribution in [2.75, 3.05) is 7.11 Å². The molecule has 1 unspecified atom stereocenters. The Bertz CT molecular complexity index is 411. The van der Waals surface area contributed by atoms with Gasteiger partial charge in [-0.1, -0.05) is 0 Å². The minimum Gasteiger partial charge on any atom is -0.465 e. The van der Waals surface area contributed by atoms with Crippen molar-refractivity contribution < 1.29 is 18.7 Å². The van der Waals surface area contributed by atoms with Gasteiger partial charge in [0.2, 0.25) is 5.91 Å². The smallest absolute Gasteiger partial charge is 0.341 e. The largest absolute Gasteiger partial charge is 0.465 e. The lowest BCUT2D eigenvalue weighted by Crippen LogP contribution is -2.20. The van der Waals surface area contributed by atoms with Crippen molar-refractivity contribution in [1.29, 1.82) is 0 Å². The maximum absolute atomic E-state index is 11.3. The molecule has 0 saturated heterocycles. The summed E-state index contributed by atoms with van der Waals surface area (Å²) in [6.45, 7) is 1.62. The maximum atomic E-state index is 11.3. The highest BCUT2D eigenvalue weighted by Crippen LogP contribution is 2.21. The van der Waals surface area contributed by atoms with Crippen LogP contribution in [0.4, 0.5) is 0 Å². The van der Waals surface area contributed by atoms with Crippen LogP contribution in [0.5, 0.6) is 0 Å². The van der Waals surface area contributed by atoms with E-state index in [1.807, 2.05) is 0 Å². The van der Waals surface area contributed by atoms with Crippen LogP contribution in [0.1, 0.15) is 34.3 Å². The van der Waals surface area contributed by atoms with Gasteiger partial charge in [0.25, 0.3) is 0 Å². The van der Waals surface area contributed by atoms with Crippen LogP contribution in [-0.2, 0) is 9.53 Å². The predicted octanol–water partition coefficient (Wildman–Crippen LogP) is 0.250. The lowest BCUT2D eigenvalue weighted by Gasteiger charge is -2.04. The summed E-state index contributed by atoms with van der Waals surface area (Å²) < 4.78 is 9.83. The SMILES string of the molecule is COC(=O)c1cc(C(N)CC(N)=O)oc1C. The fraction of sp³-hybridized carbons (Fsp3) is 0.400. The van der Waals surface area contributed by atoms with Crippen molar-refractivity contribution >= 4 is 11.9 Å². The van der Waals surface area contributed by atoms with Crippen LogP contribution in [0.3, 0.4) is 0 Å². The first-order valence-corrected chi connectivity index (χ1v) is 4.68. The molecule has 0 saturated carbocycles. The van der Waals surface area contributed by atoms with E-state index in [9.17, 15) is 9.59 Å². The van der Waals surface area contributed by atoms with Crippen molar-refractivity contribution in [3.63, 3.8) is 0 Å². The lowest BCUT2D eigenvalue weighted by atomic mass is 10.1. The topological polar surface area (TPSA) is 109 Å². The Morgan fingerprint density at radius 3 is 2.69 bits per heavy atom. The normalized spacial score (nSPS) is 12.2. The summed E-state index contributed by atoms with van der Waals surface area (Å²) in [6, 6.07) is 0.823. The molecule has 1 atom stereocenters. The van der Waals surface area contributed by atoms with Gasteiger partial charge in [-0.05, 0) is 13.0 Å². The summed E-state index contributed by atoms with van der Waals surface area (Å²) in [6.07, 6.45) is -0.0342. The first-order chi connectivity index (χ1) is 7.45. The Balaban J connectivity index is 2.91. The molecule has 16 heavy (non-hydrogen) atoms. The van der Waals surface area contributed by atoms with Gasteiger partial charge in [0.05, 0.1) is 13.2 Å². The molecular formula is C10H14N2O4. The molecule has 4 N–H and O–H groups in total. The van der Waals surface area contributed by atoms with Gasteiger partial charge >= 0.3 is 5.97 Å². The number of aryl methyl sites for hydroxylation is 1. The Hall–Kier alpha value is -1.82. The number of methoxy groups -OCH3 is 1. The average molecular weight is 226 g/mol. The zero-order chi connectivity index (χ0) is 12.3. The van der Waals surface area contributed by atoms with Crippen LogP contribution in [0.2, 0.25) is 0 Å². The number of carbonyl (C=O) groups excluding carboxylic acids is 2. The fourth-order valence-corrected chi connectivity index (χ4v) is 1.32. The Morgan fingerprint density at radius 2 is 2.19 bits per heavy atom. The van der Waals surface area contributed by atoms with E-state index in [1.54, 1.807) is 6.92 Å². The number of ether oxygens (including phenoxy) is 1. The number of hydrogen-bond acceptors (Lipinski definition) is 5. The summed E-state index contributed by atoms with van der Waals surface area (Å²) in [7, 11) is 1.28. The number of amides is 1. The van der Waals surface area contributed by atoms with Crippen molar-refractivity contribution in [1.82, 2.24) is 0 Å². The van der Waals surface area contributed by atoms with Gasteiger partial charge in [-0.25, -0.2) is 4.79 Å². The van der Waals surface area contributed by atoms with E-state index >= 15 is 0 Å². The molecule has 6 nitrogen and oxygen atoms in total. The Labute approximate surface area is 92.5 Å². The summed E-state index contributed by atoms with van der Waals surface area (Å²) >= 11 is 0. The Morgan fingerprint density at radius 1 is 1.56 bits per heavy atom. The molecule has 6 heteroatoms. The van der Waals surface area contributed by atoms with Gasteiger partial charge in [-0.15, -0.1) is 0 Å². The van der Waals surface area contributed by atoms with Crippen molar-refractivity contribution in [3.05, 3.63) is 23.2 Å². The number of primary amides is 1. The minimum absolute atomic E-state index is 0.0342. The molecule has 0 fully saturated rings. The highest BCUT2D eigenvalue weighted by atomic mass is 16.5. The molecule has 0 aromatic carbocycles. The molecule has 1 aromatic heterocycles. The molecule has 88 valence electrons. The Kier molecular flexibility index (Phi) is 3.68. The van der Waals surface area contributed by atoms with E-state index in [4.69, 9.17) is 15.9 Å². The molecule has 0 aliphatic carbocycles. The average Bonchev–Trinajstić information content (AvgIpc) is 2.58. The summed E-state index contributed by atoms with van der Waals surface area (Å²) in [4.78, 5) is 22.0. The maximum Gasteiger partial charge on any atom is 0.341 e. The molecule has 1 amide bonds.